The Hall–Kier alpha value is -0.180. The molecule has 0 radical (unpaired) electrons. The van der Waals surface area contributed by atoms with E-state index in [1.165, 1.54) is 6.26 Å². The molecule has 54 valence electrons. The fourth-order valence-electron chi connectivity index (χ4n) is 0.214. The van der Waals surface area contributed by atoms with Crippen molar-refractivity contribution < 1.29 is 8.42 Å². The lowest BCUT2D eigenvalue weighted by Crippen LogP contribution is -2.30. The molecule has 0 aliphatic carbocycles. The zero-order chi connectivity index (χ0) is 7.71. The van der Waals surface area contributed by atoms with Gasteiger partial charge in [-0.3, -0.25) is 0 Å². The Balaban J connectivity index is 4.56. The van der Waals surface area contributed by atoms with Crippen LogP contribution < -0.4 is 0 Å². The first-order valence-electron chi connectivity index (χ1n) is 2.81. The van der Waals surface area contributed by atoms with Crippen LogP contribution >= 0.6 is 0 Å². The Morgan fingerprint density at radius 2 is 1.67 bits per heavy atom. The van der Waals surface area contributed by atoms with E-state index in [4.69, 9.17) is 0 Å². The maximum absolute atomic E-state index is 10.9. The normalized spacial score (nSPS) is 13.3. The maximum atomic E-state index is 10.9. The maximum Gasteiger partial charge on any atom is 0.200 e. The Bertz CT molecular complexity index is 177. The summed E-state index contributed by atoms with van der Waals surface area (Å²) in [6.45, 7) is 5.12. The van der Waals surface area contributed by atoms with Crippen molar-refractivity contribution in [1.82, 2.24) is 0 Å². The molecular weight excluding hydrogens is 136 g/mol. The number of hydrogen-bond acceptors (Lipinski definition) is 2. The van der Waals surface area contributed by atoms with E-state index in [-0.39, 0.29) is 0 Å². The lowest BCUT2D eigenvalue weighted by Gasteiger charge is -2.10. The molecule has 0 saturated carbocycles. The van der Waals surface area contributed by atoms with E-state index in [0.29, 0.717) is 0 Å². The van der Waals surface area contributed by atoms with Crippen molar-refractivity contribution in [3.05, 3.63) is 6.42 Å². The van der Waals surface area contributed by atoms with E-state index >= 15 is 0 Å². The third kappa shape index (κ3) is 1.90. The zero-order valence-corrected chi connectivity index (χ0v) is 7.12. The van der Waals surface area contributed by atoms with Gasteiger partial charge in [0, 0.05) is 6.26 Å². The van der Waals surface area contributed by atoms with E-state index < -0.39 is 14.6 Å². The average molecular weight is 149 g/mol. The average Bonchev–Trinajstić information content (AvgIpc) is 1.64. The van der Waals surface area contributed by atoms with Crippen molar-refractivity contribution in [2.45, 2.75) is 25.5 Å². The molecule has 0 aromatic heterocycles. The van der Waals surface area contributed by atoms with Crippen molar-refractivity contribution in [2.24, 2.45) is 0 Å². The summed E-state index contributed by atoms with van der Waals surface area (Å²) in [5.74, 6) is 0. The molecule has 0 bridgehead atoms. The van der Waals surface area contributed by atoms with Crippen LogP contribution in [0.4, 0.5) is 0 Å². The highest BCUT2D eigenvalue weighted by Crippen LogP contribution is 2.17. The molecule has 0 aromatic rings. The first kappa shape index (κ1) is 8.82. The lowest BCUT2D eigenvalue weighted by atomic mass is 10.1. The van der Waals surface area contributed by atoms with Crippen LogP contribution in [0.15, 0.2) is 0 Å². The second-order valence-electron chi connectivity index (χ2n) is 2.66. The van der Waals surface area contributed by atoms with Crippen LogP contribution in [0.25, 0.3) is 0 Å². The van der Waals surface area contributed by atoms with Crippen molar-refractivity contribution >= 4 is 9.84 Å². The predicted octanol–water partition coefficient (Wildman–Crippen LogP) is 1.03. The van der Waals surface area contributed by atoms with E-state index in [9.17, 15) is 8.42 Å². The SMILES string of the molecule is C[CH+]C(C)(C)S(C)(=O)=O. The summed E-state index contributed by atoms with van der Waals surface area (Å²) < 4.78 is 21.0. The van der Waals surface area contributed by atoms with Gasteiger partial charge in [0.15, 0.2) is 9.84 Å². The summed E-state index contributed by atoms with van der Waals surface area (Å²) in [6, 6.07) is 0. The third-order valence-corrected chi connectivity index (χ3v) is 3.80. The molecule has 0 N–H and O–H groups in total. The molecule has 0 unspecified atom stereocenters. The second kappa shape index (κ2) is 2.21. The van der Waals surface area contributed by atoms with Gasteiger partial charge in [0.2, 0.25) is 4.75 Å². The molecule has 0 fully saturated rings. The Kier molecular flexibility index (Phi) is 2.17. The van der Waals surface area contributed by atoms with Crippen LogP contribution in [0.2, 0.25) is 0 Å². The molecule has 0 amide bonds. The molecule has 0 aliphatic heterocycles. The van der Waals surface area contributed by atoms with Crippen molar-refractivity contribution in [1.29, 1.82) is 0 Å². The van der Waals surface area contributed by atoms with Gasteiger partial charge in [-0.1, -0.05) is 0 Å². The van der Waals surface area contributed by atoms with Crippen LogP contribution in [0.5, 0.6) is 0 Å². The van der Waals surface area contributed by atoms with Gasteiger partial charge in [0.25, 0.3) is 0 Å². The summed E-state index contributed by atoms with van der Waals surface area (Å²) in [5.41, 5.74) is 0. The molecule has 0 atom stereocenters. The largest absolute Gasteiger partial charge is 0.224 e. The summed E-state index contributed by atoms with van der Waals surface area (Å²) in [4.78, 5) is 0. The molecule has 0 aromatic carbocycles. The Labute approximate surface area is 57.2 Å². The molecule has 0 rings (SSSR count). The number of sulfone groups is 1. The van der Waals surface area contributed by atoms with Gasteiger partial charge < -0.3 is 0 Å². The molecule has 0 heterocycles. The van der Waals surface area contributed by atoms with Gasteiger partial charge in [0.05, 0.1) is 13.3 Å². The van der Waals surface area contributed by atoms with Gasteiger partial charge in [-0.05, 0) is 13.8 Å². The van der Waals surface area contributed by atoms with E-state index in [2.05, 4.69) is 0 Å². The summed E-state index contributed by atoms with van der Waals surface area (Å²) in [6.07, 6.45) is 2.93. The minimum absolute atomic E-state index is 0.674. The molecular formula is C6H13O2S+. The van der Waals surface area contributed by atoms with Crippen LogP contribution in [0.1, 0.15) is 20.8 Å². The summed E-state index contributed by atoms with van der Waals surface area (Å²) >= 11 is 0. The fraction of sp³-hybridized carbons (Fsp3) is 0.833. The van der Waals surface area contributed by atoms with Crippen LogP contribution in [0.3, 0.4) is 0 Å². The molecule has 3 heteroatoms. The molecule has 0 aliphatic rings. The predicted molar refractivity (Wildman–Crippen MR) is 38.9 cm³/mol. The quantitative estimate of drug-likeness (QED) is 0.550. The highest BCUT2D eigenvalue weighted by atomic mass is 32.2. The minimum Gasteiger partial charge on any atom is -0.224 e. The Morgan fingerprint density at radius 3 is 1.67 bits per heavy atom. The fourth-order valence-corrected chi connectivity index (χ4v) is 0.642. The van der Waals surface area contributed by atoms with E-state index in [1.807, 2.05) is 0 Å². The number of rotatable bonds is 2. The van der Waals surface area contributed by atoms with Crippen molar-refractivity contribution in [3.8, 4) is 0 Å². The van der Waals surface area contributed by atoms with Gasteiger partial charge in [-0.15, -0.1) is 0 Å². The van der Waals surface area contributed by atoms with Crippen molar-refractivity contribution in [3.63, 3.8) is 0 Å². The standard InChI is InChI=1S/C6H13O2S/c1-5-6(2,3)9(4,7)8/h5H,1-4H3/q+1. The highest BCUT2D eigenvalue weighted by molar-refractivity contribution is 7.92. The van der Waals surface area contributed by atoms with Gasteiger partial charge in [0.1, 0.15) is 0 Å². The first-order chi connectivity index (χ1) is 3.81. The third-order valence-electron chi connectivity index (χ3n) is 1.65. The zero-order valence-electron chi connectivity index (χ0n) is 6.30. The second-order valence-corrected chi connectivity index (χ2v) is 5.26. The lowest BCUT2D eigenvalue weighted by molar-refractivity contribution is 0.571. The highest BCUT2D eigenvalue weighted by Gasteiger charge is 2.35. The van der Waals surface area contributed by atoms with Crippen LogP contribution in [-0.2, 0) is 9.84 Å². The van der Waals surface area contributed by atoms with Crippen molar-refractivity contribution in [2.75, 3.05) is 6.26 Å². The van der Waals surface area contributed by atoms with Crippen LogP contribution in [0, 0.1) is 6.42 Å². The summed E-state index contributed by atoms with van der Waals surface area (Å²) in [7, 11) is -2.91. The number of hydrogen-bond donors (Lipinski definition) is 0. The first-order valence-corrected chi connectivity index (χ1v) is 4.70. The summed E-state index contributed by atoms with van der Waals surface area (Å²) in [5, 5.41) is 0. The van der Waals surface area contributed by atoms with Gasteiger partial charge >= 0.3 is 0 Å². The van der Waals surface area contributed by atoms with Crippen LogP contribution in [-0.4, -0.2) is 19.4 Å². The molecule has 2 nitrogen and oxygen atoms in total. The molecule has 9 heavy (non-hydrogen) atoms. The minimum atomic E-state index is -2.91. The van der Waals surface area contributed by atoms with E-state index in [0.717, 1.165) is 0 Å². The van der Waals surface area contributed by atoms with E-state index in [1.54, 1.807) is 27.2 Å². The van der Waals surface area contributed by atoms with Gasteiger partial charge in [-0.2, -0.15) is 0 Å². The molecule has 0 spiro atoms. The Morgan fingerprint density at radius 1 is 1.33 bits per heavy atom. The van der Waals surface area contributed by atoms with Gasteiger partial charge in [-0.25, -0.2) is 8.42 Å². The monoisotopic (exact) mass is 149 g/mol. The molecule has 0 saturated heterocycles. The smallest absolute Gasteiger partial charge is 0.200 e. The topological polar surface area (TPSA) is 34.1 Å².